The topological polar surface area (TPSA) is 25.0 Å². The predicted octanol–water partition coefficient (Wildman–Crippen LogP) is 3.42. The van der Waals surface area contributed by atoms with Crippen molar-refractivity contribution in [2.45, 2.75) is 6.92 Å². The van der Waals surface area contributed by atoms with Crippen LogP contribution in [0.2, 0.25) is 0 Å². The van der Waals surface area contributed by atoms with E-state index >= 15 is 0 Å². The fraction of sp³-hybridized carbons (Fsp3) is 0.167. The summed E-state index contributed by atoms with van der Waals surface area (Å²) in [7, 11) is 1.47. The van der Waals surface area contributed by atoms with Crippen LogP contribution in [0, 0.1) is 24.4 Å². The number of halogens is 3. The van der Waals surface area contributed by atoms with Crippen molar-refractivity contribution in [3.63, 3.8) is 0 Å². The SMILES string of the molecule is COc1c[nH]c(-c2cc(F)c(F)cc2F)c1C. The smallest absolute Gasteiger partial charge is 0.161 e. The van der Waals surface area contributed by atoms with Gasteiger partial charge in [-0.05, 0) is 13.0 Å². The van der Waals surface area contributed by atoms with Crippen LogP contribution in [0.3, 0.4) is 0 Å². The van der Waals surface area contributed by atoms with Crippen LogP contribution in [-0.4, -0.2) is 12.1 Å². The van der Waals surface area contributed by atoms with E-state index in [1.165, 1.54) is 13.3 Å². The zero-order chi connectivity index (χ0) is 12.6. The van der Waals surface area contributed by atoms with Gasteiger partial charge in [0, 0.05) is 23.4 Å². The zero-order valence-electron chi connectivity index (χ0n) is 9.27. The standard InChI is InChI=1S/C12H10F3NO/c1-6-11(17-2)5-16-12(6)7-3-9(14)10(15)4-8(7)13/h3-5,16H,1-2H3. The molecule has 0 saturated carbocycles. The van der Waals surface area contributed by atoms with Gasteiger partial charge in [-0.25, -0.2) is 13.2 Å². The molecule has 0 bridgehead atoms. The van der Waals surface area contributed by atoms with E-state index in [1.54, 1.807) is 6.92 Å². The molecule has 0 atom stereocenters. The molecular weight excluding hydrogens is 231 g/mol. The Bertz CT molecular complexity index is 563. The second-order valence-electron chi connectivity index (χ2n) is 3.60. The molecule has 1 N–H and O–H groups in total. The lowest BCUT2D eigenvalue weighted by atomic mass is 10.1. The van der Waals surface area contributed by atoms with Crippen molar-refractivity contribution in [1.29, 1.82) is 0 Å². The van der Waals surface area contributed by atoms with E-state index in [1.807, 2.05) is 0 Å². The fourth-order valence-corrected chi connectivity index (χ4v) is 1.68. The summed E-state index contributed by atoms with van der Waals surface area (Å²) in [5.74, 6) is -2.59. The monoisotopic (exact) mass is 241 g/mol. The summed E-state index contributed by atoms with van der Waals surface area (Å²) in [5, 5.41) is 0. The molecule has 1 aromatic carbocycles. The number of nitrogens with one attached hydrogen (secondary N) is 1. The van der Waals surface area contributed by atoms with E-state index in [0.29, 0.717) is 23.1 Å². The molecule has 0 aliphatic heterocycles. The van der Waals surface area contributed by atoms with E-state index in [2.05, 4.69) is 4.98 Å². The molecule has 90 valence electrons. The maximum Gasteiger partial charge on any atom is 0.161 e. The molecule has 0 radical (unpaired) electrons. The first-order valence-electron chi connectivity index (χ1n) is 4.91. The molecule has 1 aromatic heterocycles. The van der Waals surface area contributed by atoms with Gasteiger partial charge in [-0.15, -0.1) is 0 Å². The number of ether oxygens (including phenoxy) is 1. The van der Waals surface area contributed by atoms with Crippen LogP contribution in [-0.2, 0) is 0 Å². The number of aromatic amines is 1. The number of H-pyrrole nitrogens is 1. The molecule has 17 heavy (non-hydrogen) atoms. The average Bonchev–Trinajstić information content (AvgIpc) is 2.65. The lowest BCUT2D eigenvalue weighted by Crippen LogP contribution is -1.93. The Balaban J connectivity index is 2.60. The quantitative estimate of drug-likeness (QED) is 0.801. The van der Waals surface area contributed by atoms with Crippen molar-refractivity contribution in [2.24, 2.45) is 0 Å². The molecule has 0 unspecified atom stereocenters. The lowest BCUT2D eigenvalue weighted by molar-refractivity contribution is 0.412. The number of hydrogen-bond donors (Lipinski definition) is 1. The molecule has 0 aliphatic rings. The van der Waals surface area contributed by atoms with E-state index in [-0.39, 0.29) is 5.56 Å². The summed E-state index contributed by atoms with van der Waals surface area (Å²) in [6.45, 7) is 1.70. The maximum absolute atomic E-state index is 13.5. The summed E-state index contributed by atoms with van der Waals surface area (Å²) in [6, 6.07) is 1.35. The Morgan fingerprint density at radius 3 is 2.29 bits per heavy atom. The molecule has 1 heterocycles. The minimum atomic E-state index is -1.21. The highest BCUT2D eigenvalue weighted by molar-refractivity contribution is 5.67. The zero-order valence-corrected chi connectivity index (χ0v) is 9.27. The Labute approximate surface area is 96.0 Å². The van der Waals surface area contributed by atoms with Crippen molar-refractivity contribution in [2.75, 3.05) is 7.11 Å². The first-order chi connectivity index (χ1) is 8.04. The van der Waals surface area contributed by atoms with Gasteiger partial charge in [-0.2, -0.15) is 0 Å². The van der Waals surface area contributed by atoms with Crippen LogP contribution in [0.15, 0.2) is 18.3 Å². The van der Waals surface area contributed by atoms with Gasteiger partial charge in [0.15, 0.2) is 11.6 Å². The van der Waals surface area contributed by atoms with Crippen molar-refractivity contribution in [1.82, 2.24) is 4.98 Å². The number of methoxy groups -OCH3 is 1. The number of hydrogen-bond acceptors (Lipinski definition) is 1. The van der Waals surface area contributed by atoms with Gasteiger partial charge in [-0.3, -0.25) is 0 Å². The van der Waals surface area contributed by atoms with Crippen LogP contribution in [0.4, 0.5) is 13.2 Å². The Morgan fingerprint density at radius 2 is 1.71 bits per heavy atom. The average molecular weight is 241 g/mol. The van der Waals surface area contributed by atoms with Crippen LogP contribution < -0.4 is 4.74 Å². The maximum atomic E-state index is 13.5. The van der Waals surface area contributed by atoms with Crippen LogP contribution >= 0.6 is 0 Å². The molecule has 2 rings (SSSR count). The van der Waals surface area contributed by atoms with E-state index in [9.17, 15) is 13.2 Å². The highest BCUT2D eigenvalue weighted by Gasteiger charge is 2.16. The molecule has 0 saturated heterocycles. The predicted molar refractivity (Wildman–Crippen MR) is 57.4 cm³/mol. The second kappa shape index (κ2) is 4.16. The molecule has 2 aromatic rings. The molecule has 0 spiro atoms. The molecule has 0 amide bonds. The van der Waals surface area contributed by atoms with Crippen molar-refractivity contribution < 1.29 is 17.9 Å². The van der Waals surface area contributed by atoms with Crippen molar-refractivity contribution in [3.05, 3.63) is 41.3 Å². The van der Waals surface area contributed by atoms with Gasteiger partial charge in [-0.1, -0.05) is 0 Å². The number of benzene rings is 1. The third kappa shape index (κ3) is 1.88. The summed E-state index contributed by atoms with van der Waals surface area (Å²) in [4.78, 5) is 2.77. The highest BCUT2D eigenvalue weighted by Crippen LogP contribution is 2.31. The summed E-state index contributed by atoms with van der Waals surface area (Å²) in [5.41, 5.74) is 0.986. The van der Waals surface area contributed by atoms with E-state index in [4.69, 9.17) is 4.74 Å². The molecule has 2 nitrogen and oxygen atoms in total. The molecule has 0 fully saturated rings. The molecule has 0 aliphatic carbocycles. The molecular formula is C12H10F3NO. The summed E-state index contributed by atoms with van der Waals surface area (Å²) in [6.07, 6.45) is 1.53. The minimum absolute atomic E-state index is 0.0234. The first-order valence-corrected chi connectivity index (χ1v) is 4.91. The van der Waals surface area contributed by atoms with Gasteiger partial charge in [0.25, 0.3) is 0 Å². The van der Waals surface area contributed by atoms with Crippen LogP contribution in [0.25, 0.3) is 11.3 Å². The Hall–Kier alpha value is -1.91. The van der Waals surface area contributed by atoms with Gasteiger partial charge >= 0.3 is 0 Å². The lowest BCUT2D eigenvalue weighted by Gasteiger charge is -2.04. The molecule has 5 heteroatoms. The third-order valence-electron chi connectivity index (χ3n) is 2.59. The van der Waals surface area contributed by atoms with Gasteiger partial charge in [0.05, 0.1) is 12.8 Å². The van der Waals surface area contributed by atoms with Gasteiger partial charge in [0.2, 0.25) is 0 Å². The van der Waals surface area contributed by atoms with Crippen molar-refractivity contribution >= 4 is 0 Å². The number of rotatable bonds is 2. The fourth-order valence-electron chi connectivity index (χ4n) is 1.68. The van der Waals surface area contributed by atoms with Gasteiger partial charge in [0.1, 0.15) is 11.6 Å². The summed E-state index contributed by atoms with van der Waals surface area (Å²) < 4.78 is 44.4. The second-order valence-corrected chi connectivity index (χ2v) is 3.60. The van der Waals surface area contributed by atoms with Crippen molar-refractivity contribution in [3.8, 4) is 17.0 Å². The summed E-state index contributed by atoms with van der Waals surface area (Å²) >= 11 is 0. The van der Waals surface area contributed by atoms with Crippen LogP contribution in [0.1, 0.15) is 5.56 Å². The largest absolute Gasteiger partial charge is 0.495 e. The van der Waals surface area contributed by atoms with E-state index < -0.39 is 17.5 Å². The highest BCUT2D eigenvalue weighted by atomic mass is 19.2. The van der Waals surface area contributed by atoms with Gasteiger partial charge < -0.3 is 9.72 Å². The first kappa shape index (κ1) is 11.6. The Morgan fingerprint density at radius 1 is 1.06 bits per heavy atom. The minimum Gasteiger partial charge on any atom is -0.495 e. The van der Waals surface area contributed by atoms with Crippen LogP contribution in [0.5, 0.6) is 5.75 Å². The van der Waals surface area contributed by atoms with E-state index in [0.717, 1.165) is 6.07 Å². The Kier molecular flexibility index (Phi) is 2.83. The third-order valence-corrected chi connectivity index (χ3v) is 2.59. The normalized spacial score (nSPS) is 10.6. The number of aromatic nitrogens is 1.